The van der Waals surface area contributed by atoms with Gasteiger partial charge in [-0.05, 0) is 47.4 Å². The summed E-state index contributed by atoms with van der Waals surface area (Å²) in [6.07, 6.45) is 0.842. The number of methoxy groups -OCH3 is 1. The van der Waals surface area contributed by atoms with E-state index in [9.17, 15) is 9.18 Å². The molecule has 0 spiro atoms. The van der Waals surface area contributed by atoms with Crippen LogP contribution in [0.1, 0.15) is 22.8 Å². The Morgan fingerprint density at radius 3 is 2.60 bits per heavy atom. The summed E-state index contributed by atoms with van der Waals surface area (Å²) in [6.45, 7) is 2.05. The molecule has 0 saturated heterocycles. The molecule has 0 fully saturated rings. The van der Waals surface area contributed by atoms with E-state index in [1.807, 2.05) is 25.1 Å². The zero-order chi connectivity index (χ0) is 14.7. The predicted molar refractivity (Wildman–Crippen MR) is 80.3 cm³/mol. The van der Waals surface area contributed by atoms with Gasteiger partial charge >= 0.3 is 5.97 Å². The number of benzene rings is 2. The van der Waals surface area contributed by atoms with Crippen molar-refractivity contribution in [3.63, 3.8) is 0 Å². The third-order valence-electron chi connectivity index (χ3n) is 3.13. The van der Waals surface area contributed by atoms with Crippen LogP contribution >= 0.6 is 15.9 Å². The standard InChI is InChI=1S/C16H14BrFO2/c1-3-10-8-12(17)5-7-13(10)11-4-6-14(15(18)9-11)16(19)20-2/h4-9H,3H2,1-2H3. The maximum atomic E-state index is 14.0. The van der Waals surface area contributed by atoms with Crippen LogP contribution in [0.4, 0.5) is 4.39 Å². The van der Waals surface area contributed by atoms with Crippen molar-refractivity contribution in [2.75, 3.05) is 7.11 Å². The molecule has 0 amide bonds. The van der Waals surface area contributed by atoms with Gasteiger partial charge in [-0.1, -0.05) is 35.0 Å². The molecule has 0 heterocycles. The third-order valence-corrected chi connectivity index (χ3v) is 3.63. The van der Waals surface area contributed by atoms with Crippen molar-refractivity contribution in [3.05, 3.63) is 57.8 Å². The van der Waals surface area contributed by atoms with E-state index in [0.717, 1.165) is 27.6 Å². The first-order chi connectivity index (χ1) is 9.56. The second-order valence-corrected chi connectivity index (χ2v) is 5.26. The van der Waals surface area contributed by atoms with Crippen LogP contribution < -0.4 is 0 Å². The molecule has 0 bridgehead atoms. The fraction of sp³-hybridized carbons (Fsp3) is 0.188. The summed E-state index contributed by atoms with van der Waals surface area (Å²) in [4.78, 5) is 11.4. The molecule has 2 aromatic rings. The first-order valence-electron chi connectivity index (χ1n) is 6.23. The molecule has 0 saturated carbocycles. The number of ether oxygens (including phenoxy) is 1. The van der Waals surface area contributed by atoms with Crippen molar-refractivity contribution in [3.8, 4) is 11.1 Å². The number of carbonyl (C=O) groups is 1. The molecule has 0 aliphatic heterocycles. The van der Waals surface area contributed by atoms with Gasteiger partial charge in [0.15, 0.2) is 0 Å². The molecular weight excluding hydrogens is 323 g/mol. The molecule has 0 aliphatic rings. The number of hydrogen-bond acceptors (Lipinski definition) is 2. The summed E-state index contributed by atoms with van der Waals surface area (Å²) in [5.74, 6) is -1.24. The Kier molecular flexibility index (Phi) is 4.55. The van der Waals surface area contributed by atoms with Gasteiger partial charge in [-0.15, -0.1) is 0 Å². The zero-order valence-electron chi connectivity index (χ0n) is 11.2. The maximum absolute atomic E-state index is 14.0. The summed E-state index contributed by atoms with van der Waals surface area (Å²) in [5.41, 5.74) is 2.78. The highest BCUT2D eigenvalue weighted by molar-refractivity contribution is 9.10. The SMILES string of the molecule is CCc1cc(Br)ccc1-c1ccc(C(=O)OC)c(F)c1. The largest absolute Gasteiger partial charge is 0.465 e. The Hall–Kier alpha value is -1.68. The maximum Gasteiger partial charge on any atom is 0.340 e. The van der Waals surface area contributed by atoms with Crippen LogP contribution in [0.15, 0.2) is 40.9 Å². The van der Waals surface area contributed by atoms with Crippen molar-refractivity contribution >= 4 is 21.9 Å². The number of esters is 1. The number of aryl methyl sites for hydroxylation is 1. The first kappa shape index (κ1) is 14.7. The molecule has 0 N–H and O–H groups in total. The lowest BCUT2D eigenvalue weighted by Gasteiger charge is -2.10. The van der Waals surface area contributed by atoms with Gasteiger partial charge in [0.1, 0.15) is 5.82 Å². The van der Waals surface area contributed by atoms with Gasteiger partial charge in [-0.2, -0.15) is 0 Å². The van der Waals surface area contributed by atoms with E-state index in [1.165, 1.54) is 19.2 Å². The molecule has 4 heteroatoms. The quantitative estimate of drug-likeness (QED) is 0.765. The lowest BCUT2D eigenvalue weighted by atomic mass is 9.97. The lowest BCUT2D eigenvalue weighted by Crippen LogP contribution is -2.04. The average molecular weight is 337 g/mol. The van der Waals surface area contributed by atoms with Gasteiger partial charge in [-0.25, -0.2) is 9.18 Å². The van der Waals surface area contributed by atoms with Gasteiger partial charge < -0.3 is 4.74 Å². The molecule has 2 rings (SSSR count). The smallest absolute Gasteiger partial charge is 0.340 e. The van der Waals surface area contributed by atoms with E-state index in [0.29, 0.717) is 0 Å². The zero-order valence-corrected chi connectivity index (χ0v) is 12.8. The highest BCUT2D eigenvalue weighted by atomic mass is 79.9. The summed E-state index contributed by atoms with van der Waals surface area (Å²) < 4.78 is 19.5. The van der Waals surface area contributed by atoms with Crippen LogP contribution in [-0.4, -0.2) is 13.1 Å². The van der Waals surface area contributed by atoms with Crippen molar-refractivity contribution < 1.29 is 13.9 Å². The van der Waals surface area contributed by atoms with Crippen LogP contribution in [-0.2, 0) is 11.2 Å². The monoisotopic (exact) mass is 336 g/mol. The summed E-state index contributed by atoms with van der Waals surface area (Å²) in [7, 11) is 1.24. The van der Waals surface area contributed by atoms with Crippen LogP contribution in [0.2, 0.25) is 0 Å². The summed E-state index contributed by atoms with van der Waals surface area (Å²) >= 11 is 3.43. The summed E-state index contributed by atoms with van der Waals surface area (Å²) in [6, 6.07) is 10.4. The van der Waals surface area contributed by atoms with E-state index in [1.54, 1.807) is 6.07 Å². The molecule has 20 heavy (non-hydrogen) atoms. The normalized spacial score (nSPS) is 10.4. The molecule has 0 atom stereocenters. The van der Waals surface area contributed by atoms with E-state index in [2.05, 4.69) is 20.7 Å². The minimum absolute atomic E-state index is 0.0496. The number of hydrogen-bond donors (Lipinski definition) is 0. The Morgan fingerprint density at radius 2 is 2.00 bits per heavy atom. The molecule has 104 valence electrons. The van der Waals surface area contributed by atoms with E-state index in [-0.39, 0.29) is 5.56 Å². The Balaban J connectivity index is 2.49. The van der Waals surface area contributed by atoms with Crippen molar-refractivity contribution in [1.82, 2.24) is 0 Å². The van der Waals surface area contributed by atoms with Crippen molar-refractivity contribution in [2.45, 2.75) is 13.3 Å². The minimum atomic E-state index is -0.666. The number of carbonyl (C=O) groups excluding carboxylic acids is 1. The van der Waals surface area contributed by atoms with Crippen LogP contribution in [0, 0.1) is 5.82 Å². The topological polar surface area (TPSA) is 26.3 Å². The first-order valence-corrected chi connectivity index (χ1v) is 7.02. The van der Waals surface area contributed by atoms with Crippen molar-refractivity contribution in [2.24, 2.45) is 0 Å². The molecule has 2 nitrogen and oxygen atoms in total. The van der Waals surface area contributed by atoms with Crippen LogP contribution in [0.25, 0.3) is 11.1 Å². The molecule has 0 aromatic heterocycles. The predicted octanol–water partition coefficient (Wildman–Crippen LogP) is 4.60. The highest BCUT2D eigenvalue weighted by Crippen LogP contribution is 2.28. The van der Waals surface area contributed by atoms with Crippen LogP contribution in [0.5, 0.6) is 0 Å². The highest BCUT2D eigenvalue weighted by Gasteiger charge is 2.14. The molecule has 2 aromatic carbocycles. The van der Waals surface area contributed by atoms with Gasteiger partial charge in [-0.3, -0.25) is 0 Å². The minimum Gasteiger partial charge on any atom is -0.465 e. The van der Waals surface area contributed by atoms with E-state index < -0.39 is 11.8 Å². The van der Waals surface area contributed by atoms with E-state index >= 15 is 0 Å². The Bertz CT molecular complexity index is 653. The molecular formula is C16H14BrFO2. The third kappa shape index (κ3) is 2.90. The number of halogens is 2. The number of rotatable bonds is 3. The molecule has 0 aliphatic carbocycles. The second-order valence-electron chi connectivity index (χ2n) is 4.34. The Morgan fingerprint density at radius 1 is 1.25 bits per heavy atom. The van der Waals surface area contributed by atoms with Crippen molar-refractivity contribution in [1.29, 1.82) is 0 Å². The van der Waals surface area contributed by atoms with Gasteiger partial charge in [0.2, 0.25) is 0 Å². The fourth-order valence-corrected chi connectivity index (χ4v) is 2.50. The van der Waals surface area contributed by atoms with Crippen LogP contribution in [0.3, 0.4) is 0 Å². The molecule has 0 radical (unpaired) electrons. The second kappa shape index (κ2) is 6.18. The van der Waals surface area contributed by atoms with Gasteiger partial charge in [0.05, 0.1) is 12.7 Å². The average Bonchev–Trinajstić information content (AvgIpc) is 2.46. The summed E-state index contributed by atoms with van der Waals surface area (Å²) in [5, 5.41) is 0. The van der Waals surface area contributed by atoms with E-state index in [4.69, 9.17) is 0 Å². The Labute approximate surface area is 125 Å². The molecule has 0 unspecified atom stereocenters. The lowest BCUT2D eigenvalue weighted by molar-refractivity contribution is 0.0595. The van der Waals surface area contributed by atoms with Gasteiger partial charge in [0, 0.05) is 4.47 Å². The fourth-order valence-electron chi connectivity index (χ4n) is 2.09. The van der Waals surface area contributed by atoms with Gasteiger partial charge in [0.25, 0.3) is 0 Å².